The molecule has 1 aliphatic heterocycles. The molecule has 204 valence electrons. The summed E-state index contributed by atoms with van der Waals surface area (Å²) in [4.78, 5) is 22.5. The van der Waals surface area contributed by atoms with E-state index in [0.717, 1.165) is 27.5 Å². The van der Waals surface area contributed by atoms with Crippen LogP contribution in [0.5, 0.6) is 0 Å². The van der Waals surface area contributed by atoms with Crippen LogP contribution in [0, 0.1) is 0 Å². The Labute approximate surface area is 226 Å². The molecule has 38 heavy (non-hydrogen) atoms. The number of aromatic nitrogens is 2. The monoisotopic (exact) mass is 521 g/mol. The molecule has 1 amide bonds. The van der Waals surface area contributed by atoms with E-state index in [-0.39, 0.29) is 17.2 Å². The summed E-state index contributed by atoms with van der Waals surface area (Å²) in [5, 5.41) is 2.20. The van der Waals surface area contributed by atoms with Crippen molar-refractivity contribution in [3.63, 3.8) is 0 Å². The Bertz CT molecular complexity index is 1280. The number of amides is 1. The maximum Gasteiger partial charge on any atom is 0.494 e. The largest absolute Gasteiger partial charge is 0.494 e. The van der Waals surface area contributed by atoms with Crippen molar-refractivity contribution >= 4 is 29.4 Å². The van der Waals surface area contributed by atoms with E-state index in [1.54, 1.807) is 18.2 Å². The van der Waals surface area contributed by atoms with E-state index in [9.17, 15) is 4.79 Å². The van der Waals surface area contributed by atoms with Gasteiger partial charge < -0.3 is 23.8 Å². The summed E-state index contributed by atoms with van der Waals surface area (Å²) in [7, 11) is 1.22. The number of nitrogens with one attached hydrogen (secondary N) is 1. The van der Waals surface area contributed by atoms with Gasteiger partial charge in [0, 0.05) is 19.2 Å². The lowest BCUT2D eigenvalue weighted by Gasteiger charge is -2.32. The van der Waals surface area contributed by atoms with Crippen molar-refractivity contribution < 1.29 is 23.6 Å². The third kappa shape index (κ3) is 5.90. The number of carbonyl (C=O) groups is 1. The zero-order valence-electron chi connectivity index (χ0n) is 24.0. The van der Waals surface area contributed by atoms with E-state index in [0.29, 0.717) is 19.0 Å². The normalized spacial score (nSPS) is 17.6. The highest BCUT2D eigenvalue weighted by Gasteiger charge is 2.51. The smallest absolute Gasteiger partial charge is 0.444 e. The number of carbonyl (C=O) groups excluding carboxylic acids is 1. The molecule has 0 saturated carbocycles. The molecule has 3 aromatic rings. The summed E-state index contributed by atoms with van der Waals surface area (Å²) < 4.78 is 23.3. The molecule has 9 heteroatoms. The lowest BCUT2D eigenvalue weighted by atomic mass is 9.78. The number of fused-ring (bicyclic) bond motifs is 1. The van der Waals surface area contributed by atoms with Crippen LogP contribution in [0.25, 0.3) is 22.0 Å². The zero-order valence-corrected chi connectivity index (χ0v) is 24.0. The van der Waals surface area contributed by atoms with E-state index < -0.39 is 18.8 Å². The Balaban J connectivity index is 1.54. The molecule has 1 atom stereocenters. The fourth-order valence-corrected chi connectivity index (χ4v) is 4.35. The first-order chi connectivity index (χ1) is 17.7. The van der Waals surface area contributed by atoms with Gasteiger partial charge in [-0.1, -0.05) is 30.3 Å². The molecular weight excluding hydrogens is 481 g/mol. The molecular formula is C29H40BN3O5. The van der Waals surface area contributed by atoms with Crippen LogP contribution in [0.1, 0.15) is 67.3 Å². The van der Waals surface area contributed by atoms with Gasteiger partial charge in [-0.3, -0.25) is 4.90 Å². The van der Waals surface area contributed by atoms with Crippen LogP contribution >= 0.6 is 0 Å². The molecule has 4 rings (SSSR count). The van der Waals surface area contributed by atoms with E-state index in [1.165, 1.54) is 0 Å². The number of hydrogen-bond acceptors (Lipinski definition) is 6. The first kappa shape index (κ1) is 28.1. The Kier molecular flexibility index (Phi) is 7.67. The summed E-state index contributed by atoms with van der Waals surface area (Å²) in [5.41, 5.74) is 1.53. The topological polar surface area (TPSA) is 85.9 Å². The fraction of sp³-hybridized carbons (Fsp3) is 0.517. The van der Waals surface area contributed by atoms with Gasteiger partial charge in [0.25, 0.3) is 0 Å². The SMILES string of the molecule is COCCN(C(=O)OC(C)(C)C)[C@@H](C)c1ncc(-c2ccc3cc(B4OC(C)(C)C(C)(C)O4)ccc3c2)[nH]1. The van der Waals surface area contributed by atoms with E-state index in [4.69, 9.17) is 18.8 Å². The molecule has 1 aliphatic rings. The van der Waals surface area contributed by atoms with Gasteiger partial charge in [0.05, 0.1) is 35.7 Å². The van der Waals surface area contributed by atoms with Crippen molar-refractivity contribution in [1.82, 2.24) is 14.9 Å². The number of hydrogen-bond donors (Lipinski definition) is 1. The Morgan fingerprint density at radius 3 is 2.34 bits per heavy atom. The standard InChI is InChI=1S/C29H40BN3O5/c1-19(33(14-15-35-9)26(34)36-27(2,3)4)25-31-18-24(32-25)22-11-10-21-17-23(13-12-20(21)16-22)30-37-28(5,6)29(7,8)38-30/h10-13,16-19H,14-15H2,1-9H3,(H,31,32)/t19-/m0/s1. The van der Waals surface area contributed by atoms with Crippen molar-refractivity contribution in [1.29, 1.82) is 0 Å². The van der Waals surface area contributed by atoms with Crippen molar-refractivity contribution in [2.45, 2.75) is 78.2 Å². The minimum absolute atomic E-state index is 0.323. The Hall–Kier alpha value is -2.88. The maximum absolute atomic E-state index is 12.9. The number of imidazole rings is 1. The number of H-pyrrole nitrogens is 1. The number of aromatic amines is 1. The molecule has 0 radical (unpaired) electrons. The zero-order chi connectivity index (χ0) is 27.9. The second-order valence-corrected chi connectivity index (χ2v) is 11.9. The molecule has 1 aromatic heterocycles. The van der Waals surface area contributed by atoms with Crippen LogP contribution in [0.3, 0.4) is 0 Å². The Morgan fingerprint density at radius 1 is 1.08 bits per heavy atom. The first-order valence-corrected chi connectivity index (χ1v) is 13.1. The molecule has 8 nitrogen and oxygen atoms in total. The molecule has 1 N–H and O–H groups in total. The van der Waals surface area contributed by atoms with Crippen molar-refractivity contribution in [2.75, 3.05) is 20.3 Å². The van der Waals surface area contributed by atoms with E-state index in [2.05, 4.69) is 74.1 Å². The van der Waals surface area contributed by atoms with Crippen LogP contribution in [0.2, 0.25) is 0 Å². The highest BCUT2D eigenvalue weighted by molar-refractivity contribution is 6.62. The van der Waals surface area contributed by atoms with Crippen LogP contribution in [-0.2, 0) is 18.8 Å². The second-order valence-electron chi connectivity index (χ2n) is 11.9. The molecule has 1 saturated heterocycles. The van der Waals surface area contributed by atoms with Gasteiger partial charge in [0.15, 0.2) is 0 Å². The predicted molar refractivity (Wildman–Crippen MR) is 150 cm³/mol. The van der Waals surface area contributed by atoms with Crippen LogP contribution in [0.4, 0.5) is 4.79 Å². The fourth-order valence-electron chi connectivity index (χ4n) is 4.35. The number of methoxy groups -OCH3 is 1. The highest BCUT2D eigenvalue weighted by Crippen LogP contribution is 2.36. The van der Waals surface area contributed by atoms with Crippen molar-refractivity contribution in [3.05, 3.63) is 48.4 Å². The first-order valence-electron chi connectivity index (χ1n) is 13.1. The molecule has 2 aromatic carbocycles. The quantitative estimate of drug-likeness (QED) is 0.415. The molecule has 0 spiro atoms. The summed E-state index contributed by atoms with van der Waals surface area (Å²) in [6.07, 6.45) is 1.40. The lowest BCUT2D eigenvalue weighted by molar-refractivity contribution is 0.00578. The highest BCUT2D eigenvalue weighted by atomic mass is 16.7. The number of ether oxygens (including phenoxy) is 2. The van der Waals surface area contributed by atoms with Gasteiger partial charge in [0.2, 0.25) is 0 Å². The summed E-state index contributed by atoms with van der Waals surface area (Å²) in [6.45, 7) is 16.5. The van der Waals surface area contributed by atoms with E-state index in [1.807, 2.05) is 27.7 Å². The summed E-state index contributed by atoms with van der Waals surface area (Å²) in [5.74, 6) is 0.679. The van der Waals surface area contributed by atoms with Gasteiger partial charge in [-0.25, -0.2) is 9.78 Å². The Morgan fingerprint density at radius 2 is 1.71 bits per heavy atom. The predicted octanol–water partition coefficient (Wildman–Crippen LogP) is 5.47. The van der Waals surface area contributed by atoms with Crippen molar-refractivity contribution in [2.24, 2.45) is 0 Å². The van der Waals surface area contributed by atoms with E-state index >= 15 is 0 Å². The minimum Gasteiger partial charge on any atom is -0.444 e. The number of benzene rings is 2. The van der Waals surface area contributed by atoms with Crippen LogP contribution in [0.15, 0.2) is 42.6 Å². The number of rotatable bonds is 7. The molecule has 0 bridgehead atoms. The molecule has 0 aliphatic carbocycles. The average molecular weight is 521 g/mol. The molecule has 2 heterocycles. The molecule has 0 unspecified atom stereocenters. The lowest BCUT2D eigenvalue weighted by Crippen LogP contribution is -2.41. The summed E-state index contributed by atoms with van der Waals surface area (Å²) in [6, 6.07) is 12.2. The minimum atomic E-state index is -0.593. The third-order valence-electron chi connectivity index (χ3n) is 7.32. The van der Waals surface area contributed by atoms with Gasteiger partial charge in [0.1, 0.15) is 11.4 Å². The second kappa shape index (κ2) is 10.4. The maximum atomic E-state index is 12.9. The third-order valence-corrected chi connectivity index (χ3v) is 7.32. The number of nitrogens with zero attached hydrogens (tertiary/aromatic N) is 2. The van der Waals surface area contributed by atoms with Gasteiger partial charge in [-0.15, -0.1) is 0 Å². The van der Waals surface area contributed by atoms with Crippen LogP contribution < -0.4 is 5.46 Å². The summed E-state index contributed by atoms with van der Waals surface area (Å²) >= 11 is 0. The molecule has 1 fully saturated rings. The average Bonchev–Trinajstić information content (AvgIpc) is 3.39. The van der Waals surface area contributed by atoms with Gasteiger partial charge in [-0.2, -0.15) is 0 Å². The van der Waals surface area contributed by atoms with Crippen molar-refractivity contribution in [3.8, 4) is 11.3 Å². The van der Waals surface area contributed by atoms with Gasteiger partial charge >= 0.3 is 13.2 Å². The van der Waals surface area contributed by atoms with Gasteiger partial charge in [-0.05, 0) is 77.7 Å². The van der Waals surface area contributed by atoms with Crippen LogP contribution in [-0.4, -0.2) is 65.1 Å².